The third kappa shape index (κ3) is 9.96. The summed E-state index contributed by atoms with van der Waals surface area (Å²) in [5, 5.41) is 0. The largest absolute Gasteiger partial charge is 0.389 e. The van der Waals surface area contributed by atoms with E-state index < -0.39 is 12.6 Å². The molecule has 3 nitrogen and oxygen atoms in total. The monoisotopic (exact) mass is 228 g/mol. The second-order valence-electron chi connectivity index (χ2n) is 3.51. The molecule has 92 valence electrons. The van der Waals surface area contributed by atoms with Gasteiger partial charge in [-0.25, -0.2) is 0 Å². The summed E-state index contributed by atoms with van der Waals surface area (Å²) in [4.78, 5) is 0. The molecular weight excluding hydrogens is 209 g/mol. The summed E-state index contributed by atoms with van der Waals surface area (Å²) in [7, 11) is 1.59. The van der Waals surface area contributed by atoms with Crippen molar-refractivity contribution in [3.05, 3.63) is 0 Å². The molecular formula is C9H19F3N2O. The Bertz CT molecular complexity index is 153. The van der Waals surface area contributed by atoms with Gasteiger partial charge >= 0.3 is 6.18 Å². The predicted molar refractivity (Wildman–Crippen MR) is 52.1 cm³/mol. The number of hydrazine groups is 1. The van der Waals surface area contributed by atoms with Crippen molar-refractivity contribution in [1.82, 2.24) is 5.43 Å². The average Bonchev–Trinajstić information content (AvgIpc) is 2.14. The number of methoxy groups -OCH3 is 1. The molecule has 0 fully saturated rings. The molecule has 0 radical (unpaired) electrons. The fourth-order valence-corrected chi connectivity index (χ4v) is 1.33. The van der Waals surface area contributed by atoms with Crippen LogP contribution in [0.15, 0.2) is 0 Å². The van der Waals surface area contributed by atoms with E-state index in [1.54, 1.807) is 7.11 Å². The summed E-state index contributed by atoms with van der Waals surface area (Å²) in [5.41, 5.74) is 2.52. The molecule has 15 heavy (non-hydrogen) atoms. The van der Waals surface area contributed by atoms with Crippen molar-refractivity contribution < 1.29 is 17.9 Å². The molecule has 0 rings (SSSR count). The summed E-state index contributed by atoms with van der Waals surface area (Å²) < 4.78 is 40.4. The van der Waals surface area contributed by atoms with E-state index in [0.29, 0.717) is 13.0 Å². The van der Waals surface area contributed by atoms with Gasteiger partial charge in [-0.05, 0) is 25.7 Å². The highest BCUT2D eigenvalue weighted by atomic mass is 19.4. The number of halogens is 3. The number of hydrogen-bond donors (Lipinski definition) is 2. The average molecular weight is 228 g/mol. The lowest BCUT2D eigenvalue weighted by molar-refractivity contribution is -0.135. The third-order valence-corrected chi connectivity index (χ3v) is 2.15. The van der Waals surface area contributed by atoms with E-state index in [0.717, 1.165) is 12.8 Å². The molecule has 1 unspecified atom stereocenters. The molecule has 0 amide bonds. The summed E-state index contributed by atoms with van der Waals surface area (Å²) in [6.45, 7) is 0.609. The highest BCUT2D eigenvalue weighted by Crippen LogP contribution is 2.23. The fourth-order valence-electron chi connectivity index (χ4n) is 1.33. The van der Waals surface area contributed by atoms with Gasteiger partial charge in [-0.1, -0.05) is 0 Å². The lowest BCUT2D eigenvalue weighted by Gasteiger charge is -2.15. The van der Waals surface area contributed by atoms with Crippen LogP contribution in [0.25, 0.3) is 0 Å². The lowest BCUT2D eigenvalue weighted by atomic mass is 10.1. The maximum absolute atomic E-state index is 11.8. The van der Waals surface area contributed by atoms with Gasteiger partial charge in [-0.15, -0.1) is 0 Å². The first-order valence-corrected chi connectivity index (χ1v) is 5.01. The Hall–Kier alpha value is -0.330. The van der Waals surface area contributed by atoms with Crippen molar-refractivity contribution in [2.45, 2.75) is 44.3 Å². The Kier molecular flexibility index (Phi) is 7.72. The molecule has 0 aliphatic heterocycles. The van der Waals surface area contributed by atoms with Crippen LogP contribution < -0.4 is 11.3 Å². The first-order valence-electron chi connectivity index (χ1n) is 5.01. The van der Waals surface area contributed by atoms with Crippen LogP contribution in [-0.4, -0.2) is 25.9 Å². The number of nitrogens with one attached hydrogen (secondary N) is 1. The number of alkyl halides is 3. The van der Waals surface area contributed by atoms with Gasteiger partial charge < -0.3 is 4.74 Å². The van der Waals surface area contributed by atoms with Crippen molar-refractivity contribution in [2.75, 3.05) is 13.7 Å². The Balaban J connectivity index is 3.52. The summed E-state index contributed by atoms with van der Waals surface area (Å²) in [6.07, 6.45) is -2.70. The Morgan fingerprint density at radius 3 is 2.33 bits per heavy atom. The molecule has 0 bridgehead atoms. The minimum atomic E-state index is -4.06. The molecule has 0 saturated heterocycles. The van der Waals surface area contributed by atoms with Gasteiger partial charge in [-0.3, -0.25) is 11.3 Å². The highest BCUT2D eigenvalue weighted by Gasteiger charge is 2.26. The maximum Gasteiger partial charge on any atom is 0.389 e. The van der Waals surface area contributed by atoms with E-state index in [4.69, 9.17) is 10.6 Å². The van der Waals surface area contributed by atoms with Crippen LogP contribution >= 0.6 is 0 Å². The van der Waals surface area contributed by atoms with E-state index in [-0.39, 0.29) is 12.5 Å². The topological polar surface area (TPSA) is 47.3 Å². The van der Waals surface area contributed by atoms with Gasteiger partial charge in [-0.2, -0.15) is 13.2 Å². The maximum atomic E-state index is 11.8. The van der Waals surface area contributed by atoms with Crippen molar-refractivity contribution in [3.63, 3.8) is 0 Å². The van der Waals surface area contributed by atoms with Gasteiger partial charge in [0.05, 0.1) is 0 Å². The molecule has 1 atom stereocenters. The summed E-state index contributed by atoms with van der Waals surface area (Å²) in [5.74, 6) is 5.23. The SMILES string of the molecule is COCCCC(CCCC(F)(F)F)NN. The van der Waals surface area contributed by atoms with E-state index >= 15 is 0 Å². The van der Waals surface area contributed by atoms with Crippen molar-refractivity contribution in [1.29, 1.82) is 0 Å². The molecule has 0 aromatic carbocycles. The molecule has 0 aliphatic carbocycles. The van der Waals surface area contributed by atoms with E-state index in [1.165, 1.54) is 0 Å². The van der Waals surface area contributed by atoms with Crippen LogP contribution in [0.4, 0.5) is 13.2 Å². The Morgan fingerprint density at radius 1 is 1.27 bits per heavy atom. The number of rotatable bonds is 8. The number of ether oxygens (including phenoxy) is 1. The molecule has 0 aromatic rings. The second kappa shape index (κ2) is 7.90. The summed E-state index contributed by atoms with van der Waals surface area (Å²) in [6, 6.07) is -0.0532. The first kappa shape index (κ1) is 14.7. The van der Waals surface area contributed by atoms with Crippen molar-refractivity contribution >= 4 is 0 Å². The molecule has 0 spiro atoms. The van der Waals surface area contributed by atoms with Crippen LogP contribution in [0, 0.1) is 0 Å². The van der Waals surface area contributed by atoms with E-state index in [1.807, 2.05) is 0 Å². The first-order chi connectivity index (χ1) is 6.99. The Labute approximate surface area is 88.1 Å². The van der Waals surface area contributed by atoms with E-state index in [2.05, 4.69) is 5.43 Å². The van der Waals surface area contributed by atoms with Crippen molar-refractivity contribution in [2.24, 2.45) is 5.84 Å². The molecule has 0 saturated carbocycles. The van der Waals surface area contributed by atoms with Gasteiger partial charge in [0, 0.05) is 26.2 Å². The smallest absolute Gasteiger partial charge is 0.385 e. The van der Waals surface area contributed by atoms with Gasteiger partial charge in [0.2, 0.25) is 0 Å². The molecule has 0 aromatic heterocycles. The van der Waals surface area contributed by atoms with Crippen LogP contribution in [0.3, 0.4) is 0 Å². The molecule has 0 aliphatic rings. The van der Waals surface area contributed by atoms with Gasteiger partial charge in [0.25, 0.3) is 0 Å². The number of hydrogen-bond acceptors (Lipinski definition) is 3. The fraction of sp³-hybridized carbons (Fsp3) is 1.00. The van der Waals surface area contributed by atoms with Crippen molar-refractivity contribution in [3.8, 4) is 0 Å². The minimum absolute atomic E-state index is 0.0532. The van der Waals surface area contributed by atoms with Crippen LogP contribution in [0.1, 0.15) is 32.1 Å². The third-order valence-electron chi connectivity index (χ3n) is 2.15. The molecule has 3 N–H and O–H groups in total. The quantitative estimate of drug-likeness (QED) is 0.379. The predicted octanol–water partition coefficient (Wildman–Crippen LogP) is 1.98. The lowest BCUT2D eigenvalue weighted by Crippen LogP contribution is -2.35. The Morgan fingerprint density at radius 2 is 1.87 bits per heavy atom. The zero-order valence-electron chi connectivity index (χ0n) is 8.94. The van der Waals surface area contributed by atoms with Crippen LogP contribution in [0.5, 0.6) is 0 Å². The highest BCUT2D eigenvalue weighted by molar-refractivity contribution is 4.64. The standard InChI is InChI=1S/C9H19F3N2O/c1-15-7-3-5-8(14-13)4-2-6-9(10,11)12/h8,14H,2-7,13H2,1H3. The van der Waals surface area contributed by atoms with Crippen LogP contribution in [-0.2, 0) is 4.74 Å². The normalized spacial score (nSPS) is 14.2. The van der Waals surface area contributed by atoms with Gasteiger partial charge in [0.1, 0.15) is 0 Å². The molecule has 0 heterocycles. The van der Waals surface area contributed by atoms with E-state index in [9.17, 15) is 13.2 Å². The zero-order valence-corrected chi connectivity index (χ0v) is 8.94. The van der Waals surface area contributed by atoms with Gasteiger partial charge in [0.15, 0.2) is 0 Å². The van der Waals surface area contributed by atoms with Crippen LogP contribution in [0.2, 0.25) is 0 Å². The second-order valence-corrected chi connectivity index (χ2v) is 3.51. The number of nitrogens with two attached hydrogens (primary N) is 1. The zero-order chi connectivity index (χ0) is 11.7. The molecule has 6 heteroatoms. The minimum Gasteiger partial charge on any atom is -0.385 e. The summed E-state index contributed by atoms with van der Waals surface area (Å²) >= 11 is 0.